The molecule has 0 spiro atoms. The molecule has 0 N–H and O–H groups in total. The Bertz CT molecular complexity index is 814. The summed E-state index contributed by atoms with van der Waals surface area (Å²) in [5.41, 5.74) is 1.86. The summed E-state index contributed by atoms with van der Waals surface area (Å²) in [5, 5.41) is 4.06. The van der Waals surface area contributed by atoms with Gasteiger partial charge in [0.05, 0.1) is 6.54 Å². The maximum atomic E-state index is 12.7. The summed E-state index contributed by atoms with van der Waals surface area (Å²) < 4.78 is 5.50. The molecule has 6 nitrogen and oxygen atoms in total. The Morgan fingerprint density at radius 2 is 1.93 bits per heavy atom. The van der Waals surface area contributed by atoms with Crippen molar-refractivity contribution in [3.8, 4) is 0 Å². The molecule has 4 rings (SSSR count). The van der Waals surface area contributed by atoms with E-state index in [2.05, 4.69) is 52.3 Å². The van der Waals surface area contributed by atoms with Crippen molar-refractivity contribution in [1.29, 1.82) is 0 Å². The lowest BCUT2D eigenvalue weighted by molar-refractivity contribution is 0.0751. The van der Waals surface area contributed by atoms with Crippen molar-refractivity contribution in [2.75, 3.05) is 40.3 Å². The Hall–Kier alpha value is -2.18. The van der Waals surface area contributed by atoms with Crippen molar-refractivity contribution in [2.24, 2.45) is 5.92 Å². The number of rotatable bonds is 7. The Morgan fingerprint density at radius 3 is 2.63 bits per heavy atom. The smallest absolute Gasteiger partial charge is 0.275 e. The second kappa shape index (κ2) is 9.75. The fourth-order valence-corrected chi connectivity index (χ4v) is 4.81. The molecule has 1 aromatic carbocycles. The number of benzene rings is 1. The van der Waals surface area contributed by atoms with Gasteiger partial charge in [0.2, 0.25) is 0 Å². The molecule has 1 unspecified atom stereocenters. The maximum absolute atomic E-state index is 12.7. The third-order valence-electron chi connectivity index (χ3n) is 6.73. The molecule has 2 aliphatic rings. The molecule has 30 heavy (non-hydrogen) atoms. The second-order valence-corrected chi connectivity index (χ2v) is 9.05. The predicted octanol–water partition coefficient (Wildman–Crippen LogP) is 3.30. The van der Waals surface area contributed by atoms with Crippen LogP contribution in [-0.4, -0.2) is 72.1 Å². The Balaban J connectivity index is 1.24. The number of likely N-dealkylation sites (N-methyl/N-ethyl adjacent to an activating group) is 2. The molecule has 2 fully saturated rings. The molecule has 0 saturated carbocycles. The topological polar surface area (TPSA) is 52.8 Å². The van der Waals surface area contributed by atoms with Gasteiger partial charge < -0.3 is 14.3 Å². The molecule has 0 aliphatic carbocycles. The molecule has 1 aromatic heterocycles. The van der Waals surface area contributed by atoms with E-state index >= 15 is 0 Å². The van der Waals surface area contributed by atoms with Gasteiger partial charge >= 0.3 is 0 Å². The monoisotopic (exact) mass is 410 g/mol. The molecule has 0 radical (unpaired) electrons. The molecule has 1 amide bonds. The summed E-state index contributed by atoms with van der Waals surface area (Å²) in [6.45, 7) is 4.72. The standard InChI is InChI=1S/C24H34N4O2/c1-26-12-6-9-21(26)17-27(2)24(29)23-16-22(30-25-23)18-28-13-10-20(11-14-28)15-19-7-4-3-5-8-19/h3-5,7-8,16,20-21H,6,9-15,17-18H2,1-2H3. The minimum absolute atomic E-state index is 0.0492. The van der Waals surface area contributed by atoms with Crippen LogP contribution in [0.25, 0.3) is 0 Å². The largest absolute Gasteiger partial charge is 0.359 e. The van der Waals surface area contributed by atoms with Gasteiger partial charge in [0.1, 0.15) is 0 Å². The first kappa shape index (κ1) is 21.1. The lowest BCUT2D eigenvalue weighted by Crippen LogP contribution is -2.39. The van der Waals surface area contributed by atoms with Crippen LogP contribution in [0.2, 0.25) is 0 Å². The van der Waals surface area contributed by atoms with Gasteiger partial charge in [-0.3, -0.25) is 9.69 Å². The summed E-state index contributed by atoms with van der Waals surface area (Å²) in [6, 6.07) is 13.0. The van der Waals surface area contributed by atoms with Crippen LogP contribution < -0.4 is 0 Å². The first-order chi connectivity index (χ1) is 14.6. The zero-order valence-electron chi connectivity index (χ0n) is 18.3. The second-order valence-electron chi connectivity index (χ2n) is 9.05. The van der Waals surface area contributed by atoms with Gasteiger partial charge in [-0.2, -0.15) is 0 Å². The Kier molecular flexibility index (Phi) is 6.85. The number of piperidine rings is 1. The molecule has 2 aromatic rings. The number of carbonyl (C=O) groups excluding carboxylic acids is 1. The van der Waals surface area contributed by atoms with E-state index in [9.17, 15) is 4.79 Å². The van der Waals surface area contributed by atoms with Crippen molar-refractivity contribution in [3.05, 3.63) is 53.4 Å². The van der Waals surface area contributed by atoms with E-state index in [4.69, 9.17) is 4.52 Å². The van der Waals surface area contributed by atoms with Gasteiger partial charge in [0.25, 0.3) is 5.91 Å². The average molecular weight is 411 g/mol. The average Bonchev–Trinajstić information content (AvgIpc) is 3.39. The van der Waals surface area contributed by atoms with Crippen LogP contribution in [0.4, 0.5) is 0 Å². The SMILES string of the molecule is CN(CC1CCCN1C)C(=O)c1cc(CN2CCC(Cc3ccccc3)CC2)on1. The van der Waals surface area contributed by atoms with E-state index in [1.807, 2.05) is 13.1 Å². The number of nitrogens with zero attached hydrogens (tertiary/aromatic N) is 4. The van der Waals surface area contributed by atoms with Gasteiger partial charge in [-0.05, 0) is 70.3 Å². The molecule has 2 aliphatic heterocycles. The Labute approximate surface area is 179 Å². The molecule has 1 atom stereocenters. The molecular formula is C24H34N4O2. The molecule has 0 bridgehead atoms. The van der Waals surface area contributed by atoms with Crippen LogP contribution in [0.1, 0.15) is 47.5 Å². The van der Waals surface area contributed by atoms with Crippen molar-refractivity contribution < 1.29 is 9.32 Å². The van der Waals surface area contributed by atoms with E-state index in [0.29, 0.717) is 11.7 Å². The highest BCUT2D eigenvalue weighted by molar-refractivity contribution is 5.92. The van der Waals surface area contributed by atoms with Gasteiger partial charge in [-0.25, -0.2) is 0 Å². The summed E-state index contributed by atoms with van der Waals surface area (Å²) in [5.74, 6) is 1.48. The highest BCUT2D eigenvalue weighted by Gasteiger charge is 2.26. The van der Waals surface area contributed by atoms with E-state index in [1.165, 1.54) is 24.8 Å². The van der Waals surface area contributed by atoms with Crippen molar-refractivity contribution in [3.63, 3.8) is 0 Å². The van der Waals surface area contributed by atoms with E-state index in [1.54, 1.807) is 4.90 Å². The van der Waals surface area contributed by atoms with Crippen LogP contribution in [0.3, 0.4) is 0 Å². The number of hydrogen-bond acceptors (Lipinski definition) is 5. The first-order valence-corrected chi connectivity index (χ1v) is 11.3. The highest BCUT2D eigenvalue weighted by atomic mass is 16.5. The summed E-state index contributed by atoms with van der Waals surface area (Å²) >= 11 is 0. The zero-order chi connectivity index (χ0) is 20.9. The Morgan fingerprint density at radius 1 is 1.17 bits per heavy atom. The fraction of sp³-hybridized carbons (Fsp3) is 0.583. The number of likely N-dealkylation sites (tertiary alicyclic amines) is 2. The quantitative estimate of drug-likeness (QED) is 0.701. The summed E-state index contributed by atoms with van der Waals surface area (Å²) in [4.78, 5) is 19.3. The zero-order valence-corrected chi connectivity index (χ0v) is 18.3. The maximum Gasteiger partial charge on any atom is 0.275 e. The molecule has 3 heterocycles. The molecule has 2 saturated heterocycles. The number of hydrogen-bond donors (Lipinski definition) is 0. The molecular weight excluding hydrogens is 376 g/mol. The molecule has 162 valence electrons. The van der Waals surface area contributed by atoms with E-state index in [-0.39, 0.29) is 5.91 Å². The lowest BCUT2D eigenvalue weighted by atomic mass is 9.90. The van der Waals surface area contributed by atoms with Crippen LogP contribution in [-0.2, 0) is 13.0 Å². The van der Waals surface area contributed by atoms with Crippen molar-refractivity contribution in [2.45, 2.75) is 44.7 Å². The number of carbonyl (C=O) groups is 1. The van der Waals surface area contributed by atoms with E-state index < -0.39 is 0 Å². The van der Waals surface area contributed by atoms with Gasteiger partial charge in [-0.15, -0.1) is 0 Å². The first-order valence-electron chi connectivity index (χ1n) is 11.3. The number of aromatic nitrogens is 1. The third kappa shape index (κ3) is 5.29. The van der Waals surface area contributed by atoms with Crippen LogP contribution in [0, 0.1) is 5.92 Å². The van der Waals surface area contributed by atoms with Crippen LogP contribution in [0.15, 0.2) is 40.9 Å². The molecule has 6 heteroatoms. The third-order valence-corrected chi connectivity index (χ3v) is 6.73. The highest BCUT2D eigenvalue weighted by Crippen LogP contribution is 2.23. The summed E-state index contributed by atoms with van der Waals surface area (Å²) in [6.07, 6.45) is 5.93. The van der Waals surface area contributed by atoms with Gasteiger partial charge in [-0.1, -0.05) is 35.5 Å². The van der Waals surface area contributed by atoms with E-state index in [0.717, 1.165) is 57.2 Å². The van der Waals surface area contributed by atoms with Crippen LogP contribution in [0.5, 0.6) is 0 Å². The van der Waals surface area contributed by atoms with Gasteiger partial charge in [0.15, 0.2) is 11.5 Å². The minimum Gasteiger partial charge on any atom is -0.359 e. The normalized spacial score (nSPS) is 21.2. The predicted molar refractivity (Wildman–Crippen MR) is 117 cm³/mol. The minimum atomic E-state index is -0.0492. The van der Waals surface area contributed by atoms with Crippen molar-refractivity contribution in [1.82, 2.24) is 19.9 Å². The number of amides is 1. The van der Waals surface area contributed by atoms with Crippen molar-refractivity contribution >= 4 is 5.91 Å². The lowest BCUT2D eigenvalue weighted by Gasteiger charge is -2.31. The summed E-state index contributed by atoms with van der Waals surface area (Å²) in [7, 11) is 3.99. The van der Waals surface area contributed by atoms with Gasteiger partial charge in [0, 0.05) is 25.7 Å². The van der Waals surface area contributed by atoms with Crippen LogP contribution >= 0.6 is 0 Å². The fourth-order valence-electron chi connectivity index (χ4n) is 4.81.